The Labute approximate surface area is 159 Å². The van der Waals surface area contributed by atoms with Crippen LogP contribution in [0.25, 0.3) is 0 Å². The summed E-state index contributed by atoms with van der Waals surface area (Å²) < 4.78 is 10.3. The van der Waals surface area contributed by atoms with Crippen molar-refractivity contribution >= 4 is 17.5 Å². The minimum absolute atomic E-state index is 0.0863. The number of aryl methyl sites for hydroxylation is 1. The second-order valence-corrected chi connectivity index (χ2v) is 6.21. The summed E-state index contributed by atoms with van der Waals surface area (Å²) in [5.41, 5.74) is 2.06. The van der Waals surface area contributed by atoms with Crippen molar-refractivity contribution in [3.05, 3.63) is 35.9 Å². The largest absolute Gasteiger partial charge is 0.481 e. The number of nitrogens with one attached hydrogen (secondary N) is 1. The van der Waals surface area contributed by atoms with Crippen LogP contribution in [0.15, 0.2) is 30.3 Å². The van der Waals surface area contributed by atoms with Gasteiger partial charge in [0.1, 0.15) is 5.82 Å². The first kappa shape index (κ1) is 18.8. The fourth-order valence-electron chi connectivity index (χ4n) is 2.92. The first-order chi connectivity index (χ1) is 13.1. The molecule has 3 rings (SSSR count). The van der Waals surface area contributed by atoms with Gasteiger partial charge in [0, 0.05) is 37.9 Å². The standard InChI is InChI=1S/C19H25N5O3/c1-4-14-5-7-15(8-6-14)20-19(25)24-11-9-23(10-12-24)16-13-17(26-2)22-18(21-16)27-3/h5-8,13H,4,9-12H2,1-3H3,(H,20,25). The van der Waals surface area contributed by atoms with Gasteiger partial charge in [-0.25, -0.2) is 4.79 Å². The summed E-state index contributed by atoms with van der Waals surface area (Å²) in [5, 5.41) is 2.96. The smallest absolute Gasteiger partial charge is 0.321 e. The molecule has 8 nitrogen and oxygen atoms in total. The predicted octanol–water partition coefficient (Wildman–Crippen LogP) is 2.41. The van der Waals surface area contributed by atoms with Gasteiger partial charge in [0.15, 0.2) is 0 Å². The molecule has 1 aliphatic rings. The zero-order valence-corrected chi connectivity index (χ0v) is 15.9. The molecule has 1 N–H and O–H groups in total. The molecule has 1 fully saturated rings. The lowest BCUT2D eigenvalue weighted by atomic mass is 10.1. The van der Waals surface area contributed by atoms with Crippen LogP contribution in [0.3, 0.4) is 0 Å². The number of carbonyl (C=O) groups is 1. The maximum Gasteiger partial charge on any atom is 0.321 e. The van der Waals surface area contributed by atoms with E-state index in [1.807, 2.05) is 24.3 Å². The van der Waals surface area contributed by atoms with Crippen LogP contribution < -0.4 is 19.7 Å². The van der Waals surface area contributed by atoms with E-state index >= 15 is 0 Å². The zero-order chi connectivity index (χ0) is 19.2. The first-order valence-electron chi connectivity index (χ1n) is 8.99. The molecular weight excluding hydrogens is 346 g/mol. The van der Waals surface area contributed by atoms with Crippen LogP contribution in [0.2, 0.25) is 0 Å². The number of hydrogen-bond donors (Lipinski definition) is 1. The van der Waals surface area contributed by atoms with E-state index in [2.05, 4.69) is 27.1 Å². The maximum atomic E-state index is 12.5. The van der Waals surface area contributed by atoms with Crippen LogP contribution in [0.1, 0.15) is 12.5 Å². The van der Waals surface area contributed by atoms with Gasteiger partial charge in [-0.3, -0.25) is 0 Å². The van der Waals surface area contributed by atoms with Gasteiger partial charge in [-0.1, -0.05) is 19.1 Å². The molecule has 0 unspecified atom stereocenters. The molecule has 8 heteroatoms. The number of carbonyl (C=O) groups excluding carboxylic acids is 1. The number of anilines is 2. The number of rotatable bonds is 5. The molecule has 2 aromatic rings. The van der Waals surface area contributed by atoms with Crippen molar-refractivity contribution in [1.29, 1.82) is 0 Å². The number of benzene rings is 1. The van der Waals surface area contributed by atoms with E-state index in [9.17, 15) is 4.79 Å². The second kappa shape index (κ2) is 8.57. The fourth-order valence-corrected chi connectivity index (χ4v) is 2.92. The SMILES string of the molecule is CCc1ccc(NC(=O)N2CCN(c3cc(OC)nc(OC)n3)CC2)cc1. The van der Waals surface area contributed by atoms with Crippen LogP contribution in [0, 0.1) is 0 Å². The van der Waals surface area contributed by atoms with Gasteiger partial charge >= 0.3 is 12.0 Å². The molecule has 144 valence electrons. The van der Waals surface area contributed by atoms with Gasteiger partial charge < -0.3 is 24.6 Å². The summed E-state index contributed by atoms with van der Waals surface area (Å²) in [6.07, 6.45) is 0.981. The van der Waals surface area contributed by atoms with Gasteiger partial charge in [0.05, 0.1) is 14.2 Å². The van der Waals surface area contributed by atoms with Crippen LogP contribution in [-0.4, -0.2) is 61.3 Å². The highest BCUT2D eigenvalue weighted by molar-refractivity contribution is 5.89. The van der Waals surface area contributed by atoms with E-state index in [4.69, 9.17) is 9.47 Å². The van der Waals surface area contributed by atoms with Crippen LogP contribution in [0.5, 0.6) is 11.9 Å². The third-order valence-electron chi connectivity index (χ3n) is 4.56. The normalized spacial score (nSPS) is 14.0. The second-order valence-electron chi connectivity index (χ2n) is 6.21. The molecule has 1 aromatic carbocycles. The molecule has 2 amide bonds. The molecular formula is C19H25N5O3. The average Bonchev–Trinajstić information content (AvgIpc) is 2.74. The Kier molecular flexibility index (Phi) is 5.95. The predicted molar refractivity (Wildman–Crippen MR) is 104 cm³/mol. The maximum absolute atomic E-state index is 12.5. The van der Waals surface area contributed by atoms with Gasteiger partial charge in [-0.15, -0.1) is 0 Å². The number of methoxy groups -OCH3 is 2. The topological polar surface area (TPSA) is 79.8 Å². The summed E-state index contributed by atoms with van der Waals surface area (Å²) >= 11 is 0. The van der Waals surface area contributed by atoms with Crippen LogP contribution in [-0.2, 0) is 6.42 Å². The van der Waals surface area contributed by atoms with E-state index in [0.717, 1.165) is 17.9 Å². The minimum atomic E-state index is -0.0863. The van der Waals surface area contributed by atoms with Crippen LogP contribution >= 0.6 is 0 Å². The molecule has 0 saturated carbocycles. The van der Waals surface area contributed by atoms with Crippen molar-refractivity contribution in [1.82, 2.24) is 14.9 Å². The molecule has 0 spiro atoms. The number of aromatic nitrogens is 2. The monoisotopic (exact) mass is 371 g/mol. The summed E-state index contributed by atoms with van der Waals surface area (Å²) in [6, 6.07) is 9.89. The van der Waals surface area contributed by atoms with Crippen molar-refractivity contribution in [3.8, 4) is 11.9 Å². The Balaban J connectivity index is 1.58. The third kappa shape index (κ3) is 4.58. The molecule has 2 heterocycles. The van der Waals surface area contributed by atoms with Crippen LogP contribution in [0.4, 0.5) is 16.3 Å². The van der Waals surface area contributed by atoms with E-state index in [0.29, 0.717) is 32.1 Å². The summed E-state index contributed by atoms with van der Waals surface area (Å²) in [4.78, 5) is 24.9. The summed E-state index contributed by atoms with van der Waals surface area (Å²) in [5.74, 6) is 1.18. The van der Waals surface area contributed by atoms with Gasteiger partial charge in [-0.05, 0) is 24.1 Å². The third-order valence-corrected chi connectivity index (χ3v) is 4.56. The first-order valence-corrected chi connectivity index (χ1v) is 8.99. The molecule has 0 radical (unpaired) electrons. The van der Waals surface area contributed by atoms with Crippen molar-refractivity contribution in [2.24, 2.45) is 0 Å². The molecule has 1 aliphatic heterocycles. The van der Waals surface area contributed by atoms with Gasteiger partial charge in [-0.2, -0.15) is 9.97 Å². The van der Waals surface area contributed by atoms with E-state index < -0.39 is 0 Å². The van der Waals surface area contributed by atoms with Crippen molar-refractivity contribution in [2.45, 2.75) is 13.3 Å². The van der Waals surface area contributed by atoms with Gasteiger partial charge in [0.25, 0.3) is 0 Å². The Morgan fingerprint density at radius 3 is 2.37 bits per heavy atom. The number of ether oxygens (including phenoxy) is 2. The molecule has 1 aromatic heterocycles. The van der Waals surface area contributed by atoms with Crippen molar-refractivity contribution in [3.63, 3.8) is 0 Å². The van der Waals surface area contributed by atoms with E-state index in [-0.39, 0.29) is 12.0 Å². The lowest BCUT2D eigenvalue weighted by Crippen LogP contribution is -2.50. The Morgan fingerprint density at radius 2 is 1.78 bits per heavy atom. The van der Waals surface area contributed by atoms with E-state index in [1.54, 1.807) is 18.1 Å². The molecule has 0 atom stereocenters. The zero-order valence-electron chi connectivity index (χ0n) is 15.9. The average molecular weight is 371 g/mol. The minimum Gasteiger partial charge on any atom is -0.481 e. The molecule has 0 aliphatic carbocycles. The molecule has 1 saturated heterocycles. The van der Waals surface area contributed by atoms with Crippen molar-refractivity contribution < 1.29 is 14.3 Å². The number of nitrogens with zero attached hydrogens (tertiary/aromatic N) is 4. The number of amides is 2. The highest BCUT2D eigenvalue weighted by atomic mass is 16.5. The number of hydrogen-bond acceptors (Lipinski definition) is 6. The summed E-state index contributed by atoms with van der Waals surface area (Å²) in [7, 11) is 3.08. The highest BCUT2D eigenvalue weighted by Crippen LogP contribution is 2.22. The number of urea groups is 1. The molecule has 27 heavy (non-hydrogen) atoms. The van der Waals surface area contributed by atoms with Gasteiger partial charge in [0.2, 0.25) is 5.88 Å². The lowest BCUT2D eigenvalue weighted by molar-refractivity contribution is 0.208. The van der Waals surface area contributed by atoms with Crippen molar-refractivity contribution in [2.75, 3.05) is 50.6 Å². The Hall–Kier alpha value is -3.03. The quantitative estimate of drug-likeness (QED) is 0.869. The molecule has 0 bridgehead atoms. The highest BCUT2D eigenvalue weighted by Gasteiger charge is 2.23. The lowest BCUT2D eigenvalue weighted by Gasteiger charge is -2.35. The fraction of sp³-hybridized carbons (Fsp3) is 0.421. The Bertz CT molecular complexity index is 751. The summed E-state index contributed by atoms with van der Waals surface area (Å²) in [6.45, 7) is 4.66. The van der Waals surface area contributed by atoms with E-state index in [1.165, 1.54) is 12.7 Å². The Morgan fingerprint density at radius 1 is 1.07 bits per heavy atom. The number of piperazine rings is 1.